The molecule has 2 aliphatic heterocycles. The second kappa shape index (κ2) is 7.61. The van der Waals surface area contributed by atoms with Crippen molar-refractivity contribution in [3.8, 4) is 0 Å². The Morgan fingerprint density at radius 3 is 2.25 bits per heavy atom. The van der Waals surface area contributed by atoms with Crippen LogP contribution in [0.4, 0.5) is 5.69 Å². The van der Waals surface area contributed by atoms with E-state index in [0.717, 1.165) is 36.4 Å². The molecular weight excluding hydrogens is 395 g/mol. The van der Waals surface area contributed by atoms with Gasteiger partial charge in [-0.25, -0.2) is 4.90 Å². The second-order valence-electron chi connectivity index (χ2n) is 7.28. The Bertz CT molecular complexity index is 964. The van der Waals surface area contributed by atoms with Gasteiger partial charge in [0.1, 0.15) is 5.70 Å². The second-order valence-corrected chi connectivity index (χ2v) is 8.06. The van der Waals surface area contributed by atoms with Gasteiger partial charge in [0.25, 0.3) is 11.8 Å². The lowest BCUT2D eigenvalue weighted by molar-refractivity contribution is -0.120. The van der Waals surface area contributed by atoms with Gasteiger partial charge in [0.2, 0.25) is 0 Å². The van der Waals surface area contributed by atoms with Crippen molar-refractivity contribution in [3.05, 3.63) is 69.8 Å². The zero-order valence-corrected chi connectivity index (χ0v) is 17.0. The number of benzene rings is 2. The normalized spacial score (nSPS) is 18.4. The Balaban J connectivity index is 1.83. The fourth-order valence-electron chi connectivity index (χ4n) is 3.79. The van der Waals surface area contributed by atoms with Crippen molar-refractivity contribution in [3.63, 3.8) is 0 Å². The number of halogens is 2. The fraction of sp³-hybridized carbons (Fsp3) is 0.273. The molecule has 4 nitrogen and oxygen atoms in total. The van der Waals surface area contributed by atoms with Crippen LogP contribution < -0.4 is 4.90 Å². The number of amides is 2. The Hall–Kier alpha value is -2.30. The maximum absolute atomic E-state index is 13.4. The zero-order valence-electron chi connectivity index (χ0n) is 15.5. The number of anilines is 1. The number of piperidine rings is 1. The minimum absolute atomic E-state index is 0.201. The van der Waals surface area contributed by atoms with Crippen LogP contribution in [0.15, 0.2) is 54.2 Å². The summed E-state index contributed by atoms with van der Waals surface area (Å²) >= 11 is 12.5. The summed E-state index contributed by atoms with van der Waals surface area (Å²) in [5.41, 5.74) is 1.93. The van der Waals surface area contributed by atoms with Crippen LogP contribution in [-0.2, 0) is 9.59 Å². The fourth-order valence-corrected chi connectivity index (χ4v) is 4.17. The van der Waals surface area contributed by atoms with Gasteiger partial charge in [-0.15, -0.1) is 0 Å². The Morgan fingerprint density at radius 1 is 0.893 bits per heavy atom. The van der Waals surface area contributed by atoms with Crippen molar-refractivity contribution < 1.29 is 9.59 Å². The summed E-state index contributed by atoms with van der Waals surface area (Å²) in [5.74, 6) is -0.0979. The van der Waals surface area contributed by atoms with Gasteiger partial charge in [0, 0.05) is 13.1 Å². The van der Waals surface area contributed by atoms with Crippen LogP contribution in [0.5, 0.6) is 0 Å². The van der Waals surface area contributed by atoms with Gasteiger partial charge in [-0.2, -0.15) is 0 Å². The minimum Gasteiger partial charge on any atom is -0.366 e. The van der Waals surface area contributed by atoms with Gasteiger partial charge >= 0.3 is 0 Å². The molecular formula is C22H20Cl2N2O2. The first kappa shape index (κ1) is 19.0. The molecule has 0 spiro atoms. The van der Waals surface area contributed by atoms with Crippen molar-refractivity contribution in [2.24, 2.45) is 5.92 Å². The molecule has 0 saturated carbocycles. The topological polar surface area (TPSA) is 40.6 Å². The highest BCUT2D eigenvalue weighted by Crippen LogP contribution is 2.40. The largest absolute Gasteiger partial charge is 0.366 e. The summed E-state index contributed by atoms with van der Waals surface area (Å²) in [6, 6.07) is 14.3. The summed E-state index contributed by atoms with van der Waals surface area (Å²) < 4.78 is 0. The number of nitrogens with zero attached hydrogens (tertiary/aromatic N) is 2. The molecule has 0 aliphatic carbocycles. The maximum Gasteiger partial charge on any atom is 0.282 e. The van der Waals surface area contributed by atoms with Crippen LogP contribution in [0.1, 0.15) is 25.3 Å². The van der Waals surface area contributed by atoms with Crippen molar-refractivity contribution in [1.82, 2.24) is 4.90 Å². The predicted octanol–water partition coefficient (Wildman–Crippen LogP) is 5.01. The third kappa shape index (κ3) is 3.21. The summed E-state index contributed by atoms with van der Waals surface area (Å²) in [5, 5.41) is 0.507. The average molecular weight is 415 g/mol. The first-order chi connectivity index (χ1) is 13.5. The molecule has 0 bridgehead atoms. The van der Waals surface area contributed by atoms with Crippen LogP contribution in [-0.4, -0.2) is 29.8 Å². The maximum atomic E-state index is 13.4. The molecule has 0 unspecified atom stereocenters. The van der Waals surface area contributed by atoms with Gasteiger partial charge in [0.05, 0.1) is 21.3 Å². The SMILES string of the molecule is CC1CCN(C2=C(c3ccccc3)C(=O)N(c3cccc(Cl)c3Cl)C2=O)CC1. The molecule has 2 aromatic rings. The van der Waals surface area contributed by atoms with E-state index in [9.17, 15) is 9.59 Å². The van der Waals surface area contributed by atoms with Crippen molar-refractivity contribution in [1.29, 1.82) is 0 Å². The van der Waals surface area contributed by atoms with Crippen molar-refractivity contribution in [2.45, 2.75) is 19.8 Å². The molecule has 1 fully saturated rings. The lowest BCUT2D eigenvalue weighted by atomic mass is 9.97. The molecule has 1 saturated heterocycles. The van der Waals surface area contributed by atoms with Gasteiger partial charge < -0.3 is 4.90 Å². The predicted molar refractivity (Wildman–Crippen MR) is 112 cm³/mol. The highest BCUT2D eigenvalue weighted by Gasteiger charge is 2.43. The van der Waals surface area contributed by atoms with Crippen LogP contribution in [0.25, 0.3) is 5.57 Å². The van der Waals surface area contributed by atoms with E-state index in [0.29, 0.717) is 27.9 Å². The van der Waals surface area contributed by atoms with E-state index >= 15 is 0 Å². The molecule has 0 aromatic heterocycles. The highest BCUT2D eigenvalue weighted by molar-refractivity contribution is 6.49. The van der Waals surface area contributed by atoms with E-state index in [-0.39, 0.29) is 16.8 Å². The summed E-state index contributed by atoms with van der Waals surface area (Å²) in [4.78, 5) is 30.1. The van der Waals surface area contributed by atoms with Gasteiger partial charge in [0.15, 0.2) is 0 Å². The average Bonchev–Trinajstić information content (AvgIpc) is 2.96. The zero-order chi connectivity index (χ0) is 19.8. The molecule has 2 heterocycles. The van der Waals surface area contributed by atoms with E-state index < -0.39 is 0 Å². The molecule has 144 valence electrons. The Morgan fingerprint density at radius 2 is 1.57 bits per heavy atom. The lowest BCUT2D eigenvalue weighted by Gasteiger charge is -2.32. The minimum atomic E-state index is -0.367. The molecule has 0 atom stereocenters. The van der Waals surface area contributed by atoms with E-state index in [2.05, 4.69) is 6.92 Å². The first-order valence-corrected chi connectivity index (χ1v) is 10.1. The third-order valence-corrected chi connectivity index (χ3v) is 6.20. The van der Waals surface area contributed by atoms with Crippen molar-refractivity contribution >= 4 is 46.3 Å². The summed E-state index contributed by atoms with van der Waals surface area (Å²) in [6.45, 7) is 3.72. The molecule has 0 radical (unpaired) electrons. The number of hydrogen-bond donors (Lipinski definition) is 0. The van der Waals surface area contributed by atoms with Gasteiger partial charge in [-0.05, 0) is 36.5 Å². The molecule has 28 heavy (non-hydrogen) atoms. The van der Waals surface area contributed by atoms with E-state index in [4.69, 9.17) is 23.2 Å². The van der Waals surface area contributed by atoms with Crippen LogP contribution in [0.3, 0.4) is 0 Å². The first-order valence-electron chi connectivity index (χ1n) is 9.36. The van der Waals surface area contributed by atoms with Gasteiger partial charge in [-0.3, -0.25) is 9.59 Å². The third-order valence-electron chi connectivity index (χ3n) is 5.39. The number of carbonyl (C=O) groups excluding carboxylic acids is 2. The van der Waals surface area contributed by atoms with Crippen LogP contribution in [0, 0.1) is 5.92 Å². The molecule has 0 N–H and O–H groups in total. The molecule has 2 amide bonds. The summed E-state index contributed by atoms with van der Waals surface area (Å²) in [7, 11) is 0. The smallest absolute Gasteiger partial charge is 0.282 e. The molecule has 4 rings (SSSR count). The quantitative estimate of drug-likeness (QED) is 0.662. The number of carbonyl (C=O) groups is 2. The Kier molecular flexibility index (Phi) is 5.17. The van der Waals surface area contributed by atoms with Gasteiger partial charge in [-0.1, -0.05) is 66.5 Å². The standard InChI is InChI=1S/C22H20Cl2N2O2/c1-14-10-12-25(13-11-14)20-18(15-6-3-2-4-7-15)21(27)26(22(20)28)17-9-5-8-16(23)19(17)24/h2-9,14H,10-13H2,1H3. The Labute approximate surface area is 174 Å². The number of likely N-dealkylation sites (tertiary alicyclic amines) is 1. The molecule has 2 aliphatic rings. The number of hydrogen-bond acceptors (Lipinski definition) is 3. The van der Waals surface area contributed by atoms with E-state index in [1.807, 2.05) is 35.2 Å². The lowest BCUT2D eigenvalue weighted by Crippen LogP contribution is -2.38. The van der Waals surface area contributed by atoms with Crippen molar-refractivity contribution in [2.75, 3.05) is 18.0 Å². The monoisotopic (exact) mass is 414 g/mol. The van der Waals surface area contributed by atoms with Crippen LogP contribution in [0.2, 0.25) is 10.0 Å². The van der Waals surface area contributed by atoms with E-state index in [1.165, 1.54) is 0 Å². The van der Waals surface area contributed by atoms with Crippen LogP contribution >= 0.6 is 23.2 Å². The highest BCUT2D eigenvalue weighted by atomic mass is 35.5. The summed E-state index contributed by atoms with van der Waals surface area (Å²) in [6.07, 6.45) is 1.98. The molecule has 6 heteroatoms. The molecule has 2 aromatic carbocycles. The van der Waals surface area contributed by atoms with E-state index in [1.54, 1.807) is 18.2 Å². The number of rotatable bonds is 3. The number of imide groups is 1.